The first kappa shape index (κ1) is 9.60. The molecule has 1 aliphatic carbocycles. The van der Waals surface area contributed by atoms with Crippen LogP contribution >= 0.6 is 12.4 Å². The zero-order valence-corrected chi connectivity index (χ0v) is 8.07. The van der Waals surface area contributed by atoms with Crippen molar-refractivity contribution < 1.29 is 0 Å². The Hall–Kier alpha value is -0.490. The van der Waals surface area contributed by atoms with Gasteiger partial charge in [-0.3, -0.25) is 0 Å². The molecule has 0 aliphatic heterocycles. The summed E-state index contributed by atoms with van der Waals surface area (Å²) in [4.78, 5) is 0. The van der Waals surface area contributed by atoms with Gasteiger partial charge in [-0.15, -0.1) is 12.4 Å². The lowest BCUT2D eigenvalue weighted by atomic mass is 10.0. The molecule has 0 N–H and O–H groups in total. The fourth-order valence-corrected chi connectivity index (χ4v) is 1.85. The van der Waals surface area contributed by atoms with Crippen molar-refractivity contribution >= 4 is 12.4 Å². The summed E-state index contributed by atoms with van der Waals surface area (Å²) in [6, 6.07) is 8.87. The van der Waals surface area contributed by atoms with Gasteiger partial charge in [0.1, 0.15) is 0 Å². The van der Waals surface area contributed by atoms with E-state index in [-0.39, 0.29) is 12.4 Å². The number of halogens is 1. The second kappa shape index (κ2) is 4.51. The summed E-state index contributed by atoms with van der Waals surface area (Å²) in [5, 5.41) is 0. The Morgan fingerprint density at radius 2 is 1.25 bits per heavy atom. The smallest absolute Gasteiger partial charge is 0.0276 e. The molecule has 1 aliphatic rings. The van der Waals surface area contributed by atoms with Crippen molar-refractivity contribution in [1.29, 1.82) is 0 Å². The molecule has 12 heavy (non-hydrogen) atoms. The maximum atomic E-state index is 2.28. The van der Waals surface area contributed by atoms with Gasteiger partial charge in [-0.05, 0) is 36.8 Å². The first-order valence-electron chi connectivity index (χ1n) is 4.53. The van der Waals surface area contributed by atoms with Gasteiger partial charge in [0.25, 0.3) is 0 Å². The summed E-state index contributed by atoms with van der Waals surface area (Å²) in [5.74, 6) is 0. The van der Waals surface area contributed by atoms with Crippen molar-refractivity contribution in [2.45, 2.75) is 32.1 Å². The topological polar surface area (TPSA) is 0 Å². The largest absolute Gasteiger partial charge is 0.147 e. The van der Waals surface area contributed by atoms with Gasteiger partial charge in [-0.25, -0.2) is 0 Å². The molecule has 1 heteroatoms. The first-order valence-corrected chi connectivity index (χ1v) is 4.53. The molecule has 0 saturated heterocycles. The third-order valence-corrected chi connectivity index (χ3v) is 2.51. The standard InChI is InChI=1S/C11H14.ClH/c1-2-6-10-8-4-5-9-11(10)7-3-1;/h4-5,8-9H,1-3,6-7H2;1H. The van der Waals surface area contributed by atoms with Crippen LogP contribution in [-0.2, 0) is 12.8 Å². The molecule has 0 heterocycles. The molecular weight excluding hydrogens is 168 g/mol. The lowest BCUT2D eigenvalue weighted by molar-refractivity contribution is 0.711. The minimum absolute atomic E-state index is 0. The van der Waals surface area contributed by atoms with Gasteiger partial charge in [0, 0.05) is 0 Å². The summed E-state index contributed by atoms with van der Waals surface area (Å²) in [7, 11) is 0. The predicted octanol–water partition coefficient (Wildman–Crippen LogP) is 3.38. The number of fused-ring (bicyclic) bond motifs is 1. The molecule has 0 aromatic heterocycles. The molecular formula is C11H15Cl. The van der Waals surface area contributed by atoms with Crippen molar-refractivity contribution in [2.75, 3.05) is 0 Å². The monoisotopic (exact) mass is 182 g/mol. The molecule has 0 bridgehead atoms. The van der Waals surface area contributed by atoms with E-state index in [0.29, 0.717) is 0 Å². The Bertz CT molecular complexity index is 218. The molecule has 0 nitrogen and oxygen atoms in total. The van der Waals surface area contributed by atoms with Crippen LogP contribution < -0.4 is 0 Å². The van der Waals surface area contributed by atoms with Crippen LogP contribution in [0.4, 0.5) is 0 Å². The van der Waals surface area contributed by atoms with Gasteiger partial charge in [-0.1, -0.05) is 30.7 Å². The van der Waals surface area contributed by atoms with Crippen molar-refractivity contribution in [1.82, 2.24) is 0 Å². The highest BCUT2D eigenvalue weighted by molar-refractivity contribution is 5.85. The molecule has 0 radical (unpaired) electrons. The minimum Gasteiger partial charge on any atom is -0.147 e. The van der Waals surface area contributed by atoms with Crippen molar-refractivity contribution in [3.8, 4) is 0 Å². The third kappa shape index (κ3) is 2.01. The Labute approximate surface area is 80.4 Å². The summed E-state index contributed by atoms with van der Waals surface area (Å²) in [6.07, 6.45) is 6.79. The highest BCUT2D eigenvalue weighted by atomic mass is 35.5. The van der Waals surface area contributed by atoms with Crippen LogP contribution in [0.15, 0.2) is 24.3 Å². The van der Waals surface area contributed by atoms with Crippen LogP contribution in [0.3, 0.4) is 0 Å². The molecule has 0 spiro atoms. The number of hydrogen-bond donors (Lipinski definition) is 0. The second-order valence-corrected chi connectivity index (χ2v) is 3.33. The summed E-state index contributed by atoms with van der Waals surface area (Å²) < 4.78 is 0. The Balaban J connectivity index is 0.000000720. The van der Waals surface area contributed by atoms with E-state index in [9.17, 15) is 0 Å². The van der Waals surface area contributed by atoms with Crippen molar-refractivity contribution in [3.63, 3.8) is 0 Å². The molecule has 0 saturated carbocycles. The van der Waals surface area contributed by atoms with E-state index in [1.54, 1.807) is 11.1 Å². The highest BCUT2D eigenvalue weighted by Gasteiger charge is 2.05. The Kier molecular flexibility index (Phi) is 3.61. The number of benzene rings is 1. The van der Waals surface area contributed by atoms with E-state index >= 15 is 0 Å². The lowest BCUT2D eigenvalue weighted by Gasteiger charge is -2.02. The van der Waals surface area contributed by atoms with Gasteiger partial charge in [-0.2, -0.15) is 0 Å². The average Bonchev–Trinajstić information content (AvgIpc) is 2.28. The normalized spacial score (nSPS) is 15.7. The van der Waals surface area contributed by atoms with Gasteiger partial charge in [0.15, 0.2) is 0 Å². The summed E-state index contributed by atoms with van der Waals surface area (Å²) >= 11 is 0. The van der Waals surface area contributed by atoms with Crippen LogP contribution in [0.5, 0.6) is 0 Å². The molecule has 1 aromatic carbocycles. The van der Waals surface area contributed by atoms with Crippen molar-refractivity contribution in [3.05, 3.63) is 35.4 Å². The first-order chi connectivity index (χ1) is 5.47. The minimum atomic E-state index is 0. The quantitative estimate of drug-likeness (QED) is 0.540. The van der Waals surface area contributed by atoms with Gasteiger partial charge < -0.3 is 0 Å². The van der Waals surface area contributed by atoms with Crippen LogP contribution in [0.25, 0.3) is 0 Å². The van der Waals surface area contributed by atoms with E-state index in [0.717, 1.165) is 0 Å². The van der Waals surface area contributed by atoms with Crippen LogP contribution in [0.1, 0.15) is 30.4 Å². The number of hydrogen-bond acceptors (Lipinski definition) is 0. The zero-order chi connectivity index (χ0) is 7.52. The maximum absolute atomic E-state index is 2.28. The molecule has 2 rings (SSSR count). The van der Waals surface area contributed by atoms with E-state index in [1.165, 1.54) is 32.1 Å². The van der Waals surface area contributed by atoms with Crippen LogP contribution in [0, 0.1) is 0 Å². The molecule has 0 unspecified atom stereocenters. The Morgan fingerprint density at radius 3 is 1.75 bits per heavy atom. The summed E-state index contributed by atoms with van der Waals surface area (Å²) in [6.45, 7) is 0. The zero-order valence-electron chi connectivity index (χ0n) is 7.25. The maximum Gasteiger partial charge on any atom is -0.0276 e. The molecule has 1 aromatic rings. The van der Waals surface area contributed by atoms with Crippen molar-refractivity contribution in [2.24, 2.45) is 0 Å². The molecule has 0 fully saturated rings. The molecule has 66 valence electrons. The van der Waals surface area contributed by atoms with Crippen LogP contribution in [-0.4, -0.2) is 0 Å². The fourth-order valence-electron chi connectivity index (χ4n) is 1.85. The van der Waals surface area contributed by atoms with Gasteiger partial charge in [0.2, 0.25) is 0 Å². The second-order valence-electron chi connectivity index (χ2n) is 3.33. The predicted molar refractivity (Wildman–Crippen MR) is 54.9 cm³/mol. The molecule has 0 amide bonds. The SMILES string of the molecule is Cl.c1ccc2c(c1)CCCCC2. The number of rotatable bonds is 0. The highest BCUT2D eigenvalue weighted by Crippen LogP contribution is 2.19. The van der Waals surface area contributed by atoms with E-state index in [4.69, 9.17) is 0 Å². The van der Waals surface area contributed by atoms with Gasteiger partial charge in [0.05, 0.1) is 0 Å². The summed E-state index contributed by atoms with van der Waals surface area (Å²) in [5.41, 5.74) is 3.18. The van der Waals surface area contributed by atoms with Crippen LogP contribution in [0.2, 0.25) is 0 Å². The Morgan fingerprint density at radius 1 is 0.750 bits per heavy atom. The van der Waals surface area contributed by atoms with E-state index in [2.05, 4.69) is 24.3 Å². The van der Waals surface area contributed by atoms with E-state index in [1.807, 2.05) is 0 Å². The fraction of sp³-hybridized carbons (Fsp3) is 0.455. The third-order valence-electron chi connectivity index (χ3n) is 2.51. The van der Waals surface area contributed by atoms with Gasteiger partial charge >= 0.3 is 0 Å². The van der Waals surface area contributed by atoms with E-state index < -0.39 is 0 Å². The number of aryl methyl sites for hydroxylation is 2. The average molecular weight is 183 g/mol. The lowest BCUT2D eigenvalue weighted by Crippen LogP contribution is -1.88. The molecule has 0 atom stereocenters.